The summed E-state index contributed by atoms with van der Waals surface area (Å²) in [6.07, 6.45) is 5.78. The molecule has 0 aliphatic carbocycles. The van der Waals surface area contributed by atoms with Gasteiger partial charge in [0.2, 0.25) is 0 Å². The fraction of sp³-hybridized carbons (Fsp3) is 0.350. The first-order valence-electron chi connectivity index (χ1n) is 8.62. The van der Waals surface area contributed by atoms with Gasteiger partial charge in [-0.1, -0.05) is 24.8 Å². The van der Waals surface area contributed by atoms with Gasteiger partial charge in [-0.25, -0.2) is 0 Å². The van der Waals surface area contributed by atoms with Crippen LogP contribution in [0.3, 0.4) is 0 Å². The zero-order chi connectivity index (χ0) is 19.4. The number of unbranched alkanes of at least 4 members (excludes halogenated alkanes) is 1. The number of benzene rings is 1. The minimum absolute atomic E-state index is 0.216. The highest BCUT2D eigenvalue weighted by Crippen LogP contribution is 2.24. The Morgan fingerprint density at radius 2 is 1.96 bits per heavy atom. The van der Waals surface area contributed by atoms with Gasteiger partial charge in [0.25, 0.3) is 0 Å². The number of aromatic hydroxyl groups is 1. The Balaban J connectivity index is 2.93. The van der Waals surface area contributed by atoms with Crippen LogP contribution in [0.4, 0.5) is 0 Å². The molecule has 0 fully saturated rings. The van der Waals surface area contributed by atoms with E-state index in [1.807, 2.05) is 32.2 Å². The lowest BCUT2D eigenvalue weighted by Crippen LogP contribution is -2.27. The van der Waals surface area contributed by atoms with Crippen molar-refractivity contribution < 1.29 is 5.11 Å². The molecule has 5 nitrogen and oxygen atoms in total. The van der Waals surface area contributed by atoms with Crippen LogP contribution in [0.2, 0.25) is 0 Å². The number of nitrogens with zero attached hydrogens (tertiary/aromatic N) is 1. The molecule has 26 heavy (non-hydrogen) atoms. The van der Waals surface area contributed by atoms with Crippen LogP contribution in [0, 0.1) is 0 Å². The number of aliphatic imine (C=N–C) groups is 1. The monoisotopic (exact) mass is 420 g/mol. The summed E-state index contributed by atoms with van der Waals surface area (Å²) in [6.45, 7) is 7.89. The molecule has 1 aromatic rings. The molecule has 142 valence electrons. The highest BCUT2D eigenvalue weighted by atomic mass is 79.9. The zero-order valence-electron chi connectivity index (χ0n) is 15.8. The molecule has 0 amide bonds. The van der Waals surface area contributed by atoms with E-state index >= 15 is 0 Å². The average molecular weight is 421 g/mol. The van der Waals surface area contributed by atoms with Gasteiger partial charge >= 0.3 is 0 Å². The van der Waals surface area contributed by atoms with E-state index in [2.05, 4.69) is 43.5 Å². The smallest absolute Gasteiger partial charge is 0.123 e. The number of nitrogens with one attached hydrogen (secondary N) is 3. The zero-order valence-corrected chi connectivity index (χ0v) is 17.4. The van der Waals surface area contributed by atoms with E-state index in [0.29, 0.717) is 5.56 Å². The number of rotatable bonds is 11. The van der Waals surface area contributed by atoms with Gasteiger partial charge in [-0.05, 0) is 67.0 Å². The molecule has 4 N–H and O–H groups in total. The molecule has 1 aromatic carbocycles. The minimum Gasteiger partial charge on any atom is -0.507 e. The predicted octanol–water partition coefficient (Wildman–Crippen LogP) is 3.75. The molecule has 0 heterocycles. The molecule has 0 bridgehead atoms. The summed E-state index contributed by atoms with van der Waals surface area (Å²) in [5, 5.41) is 19.9. The topological polar surface area (TPSA) is 68.7 Å². The van der Waals surface area contributed by atoms with E-state index in [9.17, 15) is 5.11 Å². The summed E-state index contributed by atoms with van der Waals surface area (Å²) >= 11 is 3.50. The van der Waals surface area contributed by atoms with Crippen molar-refractivity contribution in [3.63, 3.8) is 0 Å². The van der Waals surface area contributed by atoms with Gasteiger partial charge < -0.3 is 21.1 Å². The van der Waals surface area contributed by atoms with Crippen molar-refractivity contribution in [1.29, 1.82) is 0 Å². The first-order chi connectivity index (χ1) is 12.5. The Morgan fingerprint density at radius 3 is 2.62 bits per heavy atom. The van der Waals surface area contributed by atoms with Crippen molar-refractivity contribution in [3.05, 3.63) is 58.5 Å². The van der Waals surface area contributed by atoms with Crippen LogP contribution < -0.4 is 16.0 Å². The van der Waals surface area contributed by atoms with Crippen molar-refractivity contribution in [1.82, 2.24) is 16.0 Å². The normalized spacial score (nSPS) is 12.8. The second kappa shape index (κ2) is 12.3. The number of halogens is 1. The molecule has 6 heteroatoms. The molecule has 0 aliphatic rings. The van der Waals surface area contributed by atoms with E-state index in [1.165, 1.54) is 0 Å². The Labute approximate surface area is 165 Å². The summed E-state index contributed by atoms with van der Waals surface area (Å²) < 4.78 is 0.871. The summed E-state index contributed by atoms with van der Waals surface area (Å²) in [5.41, 5.74) is 2.36. The van der Waals surface area contributed by atoms with Crippen molar-refractivity contribution in [2.45, 2.75) is 19.8 Å². The van der Waals surface area contributed by atoms with Crippen LogP contribution in [0.25, 0.3) is 5.57 Å². The molecule has 0 aromatic heterocycles. The average Bonchev–Trinajstić information content (AvgIpc) is 2.61. The maximum atomic E-state index is 10.0. The summed E-state index contributed by atoms with van der Waals surface area (Å²) in [6, 6.07) is 7.18. The number of para-hydroxylation sites is 1. The molecule has 0 spiro atoms. The number of phenolic OH excluding ortho intramolecular Hbond substituents is 1. The van der Waals surface area contributed by atoms with Crippen LogP contribution in [0.15, 0.2) is 57.9 Å². The fourth-order valence-corrected chi connectivity index (χ4v) is 2.55. The molecule has 0 aliphatic heterocycles. The molecule has 0 radical (unpaired) electrons. The SMILES string of the molecule is C=C(/C=C(/NCCCCNC)N/C(C)=C(/Br)C=NC)c1ccccc1O. The lowest BCUT2D eigenvalue weighted by atomic mass is 10.1. The number of hydrogen-bond donors (Lipinski definition) is 4. The van der Waals surface area contributed by atoms with Crippen molar-refractivity contribution in [3.8, 4) is 5.75 Å². The molecule has 0 saturated carbocycles. The lowest BCUT2D eigenvalue weighted by Gasteiger charge is -2.16. The van der Waals surface area contributed by atoms with E-state index in [0.717, 1.165) is 47.5 Å². The Bertz CT molecular complexity index is 680. The van der Waals surface area contributed by atoms with Gasteiger partial charge in [0.1, 0.15) is 11.6 Å². The quantitative estimate of drug-likeness (QED) is 0.250. The van der Waals surface area contributed by atoms with Crippen LogP contribution >= 0.6 is 15.9 Å². The lowest BCUT2D eigenvalue weighted by molar-refractivity contribution is 0.474. The van der Waals surface area contributed by atoms with E-state index in [4.69, 9.17) is 0 Å². The van der Waals surface area contributed by atoms with E-state index < -0.39 is 0 Å². The predicted molar refractivity (Wildman–Crippen MR) is 116 cm³/mol. The van der Waals surface area contributed by atoms with E-state index in [1.54, 1.807) is 25.4 Å². The van der Waals surface area contributed by atoms with Gasteiger partial charge in [-0.3, -0.25) is 4.99 Å². The van der Waals surface area contributed by atoms with Gasteiger partial charge in [-0.15, -0.1) is 0 Å². The molecule has 0 saturated heterocycles. The molecular weight excluding hydrogens is 392 g/mol. The third kappa shape index (κ3) is 7.89. The number of hydrogen-bond acceptors (Lipinski definition) is 5. The van der Waals surface area contributed by atoms with Crippen molar-refractivity contribution in [2.24, 2.45) is 4.99 Å². The highest BCUT2D eigenvalue weighted by Gasteiger charge is 2.06. The molecule has 0 unspecified atom stereocenters. The number of phenols is 1. The van der Waals surface area contributed by atoms with Crippen molar-refractivity contribution in [2.75, 3.05) is 27.2 Å². The second-order valence-corrected chi connectivity index (χ2v) is 6.68. The first-order valence-corrected chi connectivity index (χ1v) is 9.42. The third-order valence-electron chi connectivity index (χ3n) is 3.66. The highest BCUT2D eigenvalue weighted by molar-refractivity contribution is 9.12. The second-order valence-electron chi connectivity index (χ2n) is 5.82. The summed E-state index contributed by atoms with van der Waals surface area (Å²) in [7, 11) is 3.68. The van der Waals surface area contributed by atoms with Crippen LogP contribution in [0.5, 0.6) is 5.75 Å². The van der Waals surface area contributed by atoms with E-state index in [-0.39, 0.29) is 5.75 Å². The largest absolute Gasteiger partial charge is 0.507 e. The van der Waals surface area contributed by atoms with Gasteiger partial charge in [0, 0.05) is 31.1 Å². The molecule has 1 rings (SSSR count). The molecule has 0 atom stereocenters. The maximum absolute atomic E-state index is 10.0. The maximum Gasteiger partial charge on any atom is 0.123 e. The Kier molecular flexibility index (Phi) is 10.4. The standard InChI is InChI=1S/C20H29BrN4O/c1-15(17-9-5-6-10-19(17)26)13-20(24-12-8-7-11-22-3)25-16(2)18(21)14-23-4/h5-6,9-10,13-14,22,24-26H,1,7-8,11-12H2,2-4H3/b18-16+,20-13-,23-14?. The van der Waals surface area contributed by atoms with Crippen molar-refractivity contribution >= 4 is 27.7 Å². The van der Waals surface area contributed by atoms with Gasteiger partial charge in [0.05, 0.1) is 4.48 Å². The van der Waals surface area contributed by atoms with Crippen LogP contribution in [-0.4, -0.2) is 38.5 Å². The summed E-state index contributed by atoms with van der Waals surface area (Å²) in [5.74, 6) is 1.04. The Hall–Kier alpha value is -2.05. The Morgan fingerprint density at radius 1 is 1.27 bits per heavy atom. The summed E-state index contributed by atoms with van der Waals surface area (Å²) in [4.78, 5) is 4.01. The molecular formula is C20H29BrN4O. The van der Waals surface area contributed by atoms with Crippen LogP contribution in [0.1, 0.15) is 25.3 Å². The minimum atomic E-state index is 0.216. The first kappa shape index (κ1) is 22.0. The van der Waals surface area contributed by atoms with Crippen LogP contribution in [-0.2, 0) is 0 Å². The number of allylic oxidation sites excluding steroid dienone is 4. The van der Waals surface area contributed by atoms with Gasteiger partial charge in [-0.2, -0.15) is 0 Å². The van der Waals surface area contributed by atoms with Gasteiger partial charge in [0.15, 0.2) is 0 Å². The third-order valence-corrected chi connectivity index (χ3v) is 4.46. The fourth-order valence-electron chi connectivity index (χ4n) is 2.25.